The predicted molar refractivity (Wildman–Crippen MR) is 33.9 cm³/mol. The molecule has 0 saturated carbocycles. The Balaban J connectivity index is -0.0000000800. The molecule has 48 valence electrons. The van der Waals surface area contributed by atoms with Crippen molar-refractivity contribution in [3.63, 3.8) is 0 Å². The third kappa shape index (κ3) is 208. The average molecular weight is 166 g/mol. The number of hydrogen-bond donors (Lipinski definition) is 1. The number of phosphoric acid groups is 1. The van der Waals surface area contributed by atoms with E-state index < -0.39 is 7.82 Å². The van der Waals surface area contributed by atoms with Gasteiger partial charge in [-0.05, 0) is 9.90 Å². The molecule has 0 aromatic rings. The van der Waals surface area contributed by atoms with Crippen LogP contribution in [0, 0.1) is 0 Å². The molecule has 0 radical (unpaired) electrons. The highest BCUT2D eigenvalue weighted by Gasteiger charge is 1.64. The minimum atomic E-state index is -5.14. The maximum Gasteiger partial charge on any atom is 0.0557 e. The second kappa shape index (κ2) is 5.04. The van der Waals surface area contributed by atoms with Crippen LogP contribution in [-0.2, 0) is 18.1 Å². The summed E-state index contributed by atoms with van der Waals surface area (Å²) in [5.74, 6) is 0. The van der Waals surface area contributed by atoms with Crippen LogP contribution in [-0.4, -0.2) is 4.89 Å². The standard InChI is InChI=1S/H3O4P.H3P.H2S/c1-5(2,3)4;;/h(H3,1,2,3,4);1H3;1H2. The summed E-state index contributed by atoms with van der Waals surface area (Å²) in [6.45, 7) is 0. The smallest absolute Gasteiger partial charge is 0.0557 e. The maximum atomic E-state index is 8.66. The number of hydrogen-bond acceptors (Lipinski definition) is 3. The fraction of sp³-hybridized carbons (Fsp3) is 0. The summed E-state index contributed by atoms with van der Waals surface area (Å²) in [5.41, 5.74) is 0. The van der Waals surface area contributed by atoms with E-state index in [2.05, 4.69) is 0 Å². The van der Waals surface area contributed by atoms with E-state index in [1.54, 1.807) is 0 Å². The zero-order valence-electron chi connectivity index (χ0n) is 3.70. The van der Waals surface area contributed by atoms with Crippen molar-refractivity contribution in [2.24, 2.45) is 0 Å². The van der Waals surface area contributed by atoms with Gasteiger partial charge in [0.25, 0.3) is 0 Å². The van der Waals surface area contributed by atoms with E-state index in [9.17, 15) is 0 Å². The molecule has 0 spiro atoms. The first-order valence-electron chi connectivity index (χ1n) is 0.748. The molecule has 0 amide bonds. The first kappa shape index (κ1) is 15.7. The van der Waals surface area contributed by atoms with Crippen LogP contribution in [0.5, 0.6) is 0 Å². The van der Waals surface area contributed by atoms with Gasteiger partial charge in [-0.15, -0.1) is 0 Å². The molecular weight excluding hydrogens is 158 g/mol. The third-order valence-electron chi connectivity index (χ3n) is 0. The molecule has 1 atom stereocenters. The van der Waals surface area contributed by atoms with Crippen molar-refractivity contribution in [2.75, 3.05) is 0 Å². The van der Waals surface area contributed by atoms with Gasteiger partial charge in [-0.3, -0.25) is 0 Å². The topological polar surface area (TPSA) is 83.4 Å². The van der Waals surface area contributed by atoms with Crippen LogP contribution in [0.1, 0.15) is 0 Å². The monoisotopic (exact) mass is 166 g/mol. The molecule has 0 fully saturated rings. The van der Waals surface area contributed by atoms with Crippen LogP contribution >= 0.6 is 17.7 Å². The van der Waals surface area contributed by atoms with Crippen LogP contribution in [0.2, 0.25) is 0 Å². The van der Waals surface area contributed by atoms with Gasteiger partial charge in [-0.25, -0.2) is 0 Å². The van der Waals surface area contributed by atoms with Gasteiger partial charge in [0, 0.05) is 0 Å². The normalized spacial score (nSPS) is 8.43. The van der Waals surface area contributed by atoms with E-state index in [0.29, 0.717) is 0 Å². The molecule has 7 heteroatoms. The Morgan fingerprint density at radius 2 is 1.43 bits per heavy atom. The molecule has 0 heterocycles. The average Bonchev–Trinajstić information content (AvgIpc) is 0.722. The Hall–Kier alpha value is 0.890. The minimum Gasteiger partial charge on any atom is -0.790 e. The van der Waals surface area contributed by atoms with Crippen molar-refractivity contribution in [3.05, 3.63) is 0 Å². The molecule has 4 nitrogen and oxygen atoms in total. The van der Waals surface area contributed by atoms with Crippen molar-refractivity contribution in [3.8, 4) is 0 Å². The molecule has 0 saturated heterocycles. The van der Waals surface area contributed by atoms with Crippen molar-refractivity contribution >= 4 is 31.2 Å². The first-order chi connectivity index (χ1) is 2.00. The SMILES string of the molecule is O=P([O-])([O-])O.[PH4+].[SH3+]. The molecule has 0 aliphatic rings. The maximum absolute atomic E-state index is 8.66. The highest BCUT2D eigenvalue weighted by atomic mass is 32.1. The lowest BCUT2D eigenvalue weighted by molar-refractivity contribution is -0.337. The summed E-state index contributed by atoms with van der Waals surface area (Å²) in [4.78, 5) is 24.3. The van der Waals surface area contributed by atoms with Crippen LogP contribution in [0.15, 0.2) is 0 Å². The summed E-state index contributed by atoms with van der Waals surface area (Å²) < 4.78 is 8.66. The van der Waals surface area contributed by atoms with E-state index >= 15 is 0 Å². The van der Waals surface area contributed by atoms with Crippen LogP contribution in [0.3, 0.4) is 0 Å². The van der Waals surface area contributed by atoms with Crippen molar-refractivity contribution < 1.29 is 19.2 Å². The van der Waals surface area contributed by atoms with Gasteiger partial charge in [0.1, 0.15) is 0 Å². The highest BCUT2D eigenvalue weighted by molar-refractivity contribution is 7.42. The van der Waals surface area contributed by atoms with Crippen LogP contribution in [0.25, 0.3) is 0 Å². The molecule has 0 aromatic carbocycles. The Labute approximate surface area is 51.3 Å². The van der Waals surface area contributed by atoms with Gasteiger partial charge in [0.15, 0.2) is 0 Å². The van der Waals surface area contributed by atoms with Gasteiger partial charge >= 0.3 is 0 Å². The number of rotatable bonds is 0. The Kier molecular flexibility index (Phi) is 11.3. The minimum absolute atomic E-state index is 0. The molecule has 0 aliphatic carbocycles. The second-order valence-electron chi connectivity index (χ2n) is 0.469. The van der Waals surface area contributed by atoms with Gasteiger partial charge in [0.05, 0.1) is 7.82 Å². The summed E-state index contributed by atoms with van der Waals surface area (Å²) >= 11 is 0. The fourth-order valence-corrected chi connectivity index (χ4v) is 0. The predicted octanol–water partition coefficient (Wildman–Crippen LogP) is -3.21. The Morgan fingerprint density at radius 1 is 1.43 bits per heavy atom. The van der Waals surface area contributed by atoms with Gasteiger partial charge in [-0.2, -0.15) is 0 Å². The third-order valence-corrected chi connectivity index (χ3v) is 0. The summed E-state index contributed by atoms with van der Waals surface area (Å²) in [6, 6.07) is 0. The van der Waals surface area contributed by atoms with Gasteiger partial charge in [0.2, 0.25) is 0 Å². The van der Waals surface area contributed by atoms with E-state index in [0.717, 1.165) is 0 Å². The lowest BCUT2D eigenvalue weighted by Gasteiger charge is -2.19. The van der Waals surface area contributed by atoms with Crippen molar-refractivity contribution in [2.45, 2.75) is 0 Å². The Morgan fingerprint density at radius 3 is 1.43 bits per heavy atom. The molecule has 1 N–H and O–H groups in total. The second-order valence-corrected chi connectivity index (χ2v) is 1.41. The van der Waals surface area contributed by atoms with Gasteiger partial charge < -0.3 is 19.2 Å². The van der Waals surface area contributed by atoms with Crippen LogP contribution < -0.4 is 9.79 Å². The fourth-order valence-electron chi connectivity index (χ4n) is 0. The van der Waals surface area contributed by atoms with Crippen molar-refractivity contribution in [1.82, 2.24) is 0 Å². The summed E-state index contributed by atoms with van der Waals surface area (Å²) in [7, 11) is -5.14. The molecule has 0 rings (SSSR count). The quantitative estimate of drug-likeness (QED) is 0.303. The van der Waals surface area contributed by atoms with Crippen LogP contribution in [0.4, 0.5) is 0 Å². The van der Waals surface area contributed by atoms with E-state index in [1.807, 2.05) is 0 Å². The van der Waals surface area contributed by atoms with E-state index in [1.165, 1.54) is 0 Å². The molecule has 0 aromatic heterocycles. The molecular formula is H8O4P2S. The largest absolute Gasteiger partial charge is 0.790 e. The summed E-state index contributed by atoms with van der Waals surface area (Å²) in [5, 5.41) is 0. The van der Waals surface area contributed by atoms with E-state index in [4.69, 9.17) is 19.2 Å². The zero-order valence-corrected chi connectivity index (χ0v) is 7.75. The Bertz CT molecular complexity index is 55.8. The van der Waals surface area contributed by atoms with Crippen molar-refractivity contribution in [1.29, 1.82) is 0 Å². The molecule has 1 unspecified atom stereocenters. The molecule has 7 heavy (non-hydrogen) atoms. The van der Waals surface area contributed by atoms with E-state index in [-0.39, 0.29) is 23.4 Å². The zero-order chi connectivity index (χ0) is 4.50. The first-order valence-corrected chi connectivity index (χ1v) is 2.24. The highest BCUT2D eigenvalue weighted by Crippen LogP contribution is 2.11. The molecule has 0 bridgehead atoms. The lowest BCUT2D eigenvalue weighted by atomic mass is 15.8. The molecule has 0 aliphatic heterocycles. The lowest BCUT2D eigenvalue weighted by Crippen LogP contribution is -2.11. The summed E-state index contributed by atoms with van der Waals surface area (Å²) in [6.07, 6.45) is 0. The van der Waals surface area contributed by atoms with Gasteiger partial charge in [-0.1, -0.05) is 13.5 Å².